The van der Waals surface area contributed by atoms with Gasteiger partial charge in [0.15, 0.2) is 0 Å². The minimum atomic E-state index is -0.284. The van der Waals surface area contributed by atoms with E-state index in [1.165, 1.54) is 51.3 Å². The first kappa shape index (κ1) is 11.6. The summed E-state index contributed by atoms with van der Waals surface area (Å²) < 4.78 is 5.20. The number of hydrogen-bond acceptors (Lipinski definition) is 3. The van der Waals surface area contributed by atoms with Crippen molar-refractivity contribution >= 4 is 5.97 Å². The molecule has 0 spiro atoms. The molecule has 0 aromatic carbocycles. The van der Waals surface area contributed by atoms with Crippen molar-refractivity contribution < 1.29 is 9.53 Å². The molecule has 16 heavy (non-hydrogen) atoms. The van der Waals surface area contributed by atoms with Crippen LogP contribution < -0.4 is 0 Å². The number of fused-ring (bicyclic) bond motifs is 1. The Bertz CT molecular complexity index is 263. The van der Waals surface area contributed by atoms with Gasteiger partial charge in [0.25, 0.3) is 0 Å². The van der Waals surface area contributed by atoms with Crippen LogP contribution in [0.25, 0.3) is 0 Å². The predicted molar refractivity (Wildman–Crippen MR) is 63.1 cm³/mol. The fraction of sp³-hybridized carbons (Fsp3) is 0.769. The van der Waals surface area contributed by atoms with Crippen molar-refractivity contribution in [2.45, 2.75) is 38.1 Å². The summed E-state index contributed by atoms with van der Waals surface area (Å²) in [5, 5.41) is 0. The van der Waals surface area contributed by atoms with Gasteiger partial charge in [-0.1, -0.05) is 13.0 Å². The average molecular weight is 223 g/mol. The lowest BCUT2D eigenvalue weighted by molar-refractivity contribution is -0.140. The molecule has 0 unspecified atom stereocenters. The smallest absolute Gasteiger partial charge is 0.330 e. The summed E-state index contributed by atoms with van der Waals surface area (Å²) in [5.74, 6) is 0.255. The topological polar surface area (TPSA) is 29.5 Å². The maximum atomic E-state index is 11.1. The lowest BCUT2D eigenvalue weighted by Gasteiger charge is -2.44. The van der Waals surface area contributed by atoms with Crippen molar-refractivity contribution in [1.29, 1.82) is 0 Å². The molecule has 2 fully saturated rings. The zero-order valence-electron chi connectivity index (χ0n) is 9.86. The highest BCUT2D eigenvalue weighted by Gasteiger charge is 2.33. The van der Waals surface area contributed by atoms with Crippen LogP contribution >= 0.6 is 0 Å². The zero-order chi connectivity index (χ0) is 11.4. The third-order valence-corrected chi connectivity index (χ3v) is 3.83. The van der Waals surface area contributed by atoms with Crippen molar-refractivity contribution in [3.63, 3.8) is 0 Å². The second-order valence-electron chi connectivity index (χ2n) is 4.84. The quantitative estimate of drug-likeness (QED) is 0.541. The van der Waals surface area contributed by atoms with Crippen LogP contribution in [0.4, 0.5) is 0 Å². The van der Waals surface area contributed by atoms with E-state index in [4.69, 9.17) is 4.74 Å². The predicted octanol–water partition coefficient (Wildman–Crippen LogP) is 1.98. The van der Waals surface area contributed by atoms with Crippen LogP contribution in [0.5, 0.6) is 0 Å². The second-order valence-corrected chi connectivity index (χ2v) is 4.84. The largest absolute Gasteiger partial charge is 0.462 e. The normalized spacial score (nSPS) is 30.5. The maximum Gasteiger partial charge on any atom is 0.330 e. The number of ether oxygens (including phenoxy) is 1. The van der Waals surface area contributed by atoms with Crippen molar-refractivity contribution in [2.24, 2.45) is 5.92 Å². The number of piperidine rings is 2. The van der Waals surface area contributed by atoms with Crippen LogP contribution in [0.3, 0.4) is 0 Å². The van der Waals surface area contributed by atoms with Gasteiger partial charge in [0.1, 0.15) is 0 Å². The number of hydrogen-bond donors (Lipinski definition) is 0. The van der Waals surface area contributed by atoms with Gasteiger partial charge < -0.3 is 4.74 Å². The standard InChI is InChI=1S/C13H21NO2/c1-2-13(15)16-10-11-6-5-9-14-8-4-3-7-12(11)14/h2,11-12H,1,3-10H2/t11-,12-/m0/s1. The van der Waals surface area contributed by atoms with Crippen LogP contribution in [0, 0.1) is 5.92 Å². The fourth-order valence-corrected chi connectivity index (χ4v) is 3.02. The monoisotopic (exact) mass is 223 g/mol. The minimum absolute atomic E-state index is 0.284. The number of carbonyl (C=O) groups excluding carboxylic acids is 1. The maximum absolute atomic E-state index is 11.1. The van der Waals surface area contributed by atoms with E-state index in [1.807, 2.05) is 0 Å². The summed E-state index contributed by atoms with van der Waals surface area (Å²) >= 11 is 0. The molecule has 0 amide bonds. The minimum Gasteiger partial charge on any atom is -0.462 e. The summed E-state index contributed by atoms with van der Waals surface area (Å²) in [6.07, 6.45) is 7.62. The van der Waals surface area contributed by atoms with E-state index in [2.05, 4.69) is 11.5 Å². The van der Waals surface area contributed by atoms with Gasteiger partial charge in [0.05, 0.1) is 6.61 Å². The fourth-order valence-electron chi connectivity index (χ4n) is 3.02. The van der Waals surface area contributed by atoms with Crippen molar-refractivity contribution in [2.75, 3.05) is 19.7 Å². The third kappa shape index (κ3) is 2.64. The Morgan fingerprint density at radius 2 is 2.12 bits per heavy atom. The summed E-state index contributed by atoms with van der Waals surface area (Å²) in [6.45, 7) is 6.46. The van der Waals surface area contributed by atoms with Gasteiger partial charge in [-0.15, -0.1) is 0 Å². The van der Waals surface area contributed by atoms with E-state index in [-0.39, 0.29) is 5.97 Å². The van der Waals surface area contributed by atoms with Crippen molar-refractivity contribution in [3.8, 4) is 0 Å². The number of rotatable bonds is 3. The van der Waals surface area contributed by atoms with Gasteiger partial charge in [-0.2, -0.15) is 0 Å². The Hall–Kier alpha value is -0.830. The van der Waals surface area contributed by atoms with E-state index < -0.39 is 0 Å². The molecule has 0 aliphatic carbocycles. The van der Waals surface area contributed by atoms with Crippen LogP contribution in [0.15, 0.2) is 12.7 Å². The second kappa shape index (κ2) is 5.48. The van der Waals surface area contributed by atoms with E-state index in [0.29, 0.717) is 18.6 Å². The van der Waals surface area contributed by atoms with Crippen molar-refractivity contribution in [3.05, 3.63) is 12.7 Å². The number of carbonyl (C=O) groups is 1. The average Bonchev–Trinajstić information content (AvgIpc) is 2.35. The van der Waals surface area contributed by atoms with Crippen molar-refractivity contribution in [1.82, 2.24) is 4.90 Å². The van der Waals surface area contributed by atoms with E-state index in [0.717, 1.165) is 0 Å². The first-order valence-electron chi connectivity index (χ1n) is 6.34. The molecule has 2 atom stereocenters. The Balaban J connectivity index is 1.87. The first-order valence-corrected chi connectivity index (χ1v) is 6.34. The molecule has 2 rings (SSSR count). The van der Waals surface area contributed by atoms with Crippen LogP contribution in [-0.2, 0) is 9.53 Å². The van der Waals surface area contributed by atoms with Crippen LogP contribution in [-0.4, -0.2) is 36.6 Å². The lowest BCUT2D eigenvalue weighted by Crippen LogP contribution is -2.49. The lowest BCUT2D eigenvalue weighted by atomic mass is 9.84. The molecule has 0 aromatic rings. The van der Waals surface area contributed by atoms with Gasteiger partial charge in [0, 0.05) is 18.0 Å². The van der Waals surface area contributed by atoms with Gasteiger partial charge in [-0.3, -0.25) is 4.90 Å². The Morgan fingerprint density at radius 3 is 2.94 bits per heavy atom. The summed E-state index contributed by atoms with van der Waals surface area (Å²) in [6, 6.07) is 0.653. The van der Waals surface area contributed by atoms with E-state index in [9.17, 15) is 4.79 Å². The molecular formula is C13H21NO2. The molecule has 90 valence electrons. The van der Waals surface area contributed by atoms with Gasteiger partial charge in [0.2, 0.25) is 0 Å². The summed E-state index contributed by atoms with van der Waals surface area (Å²) in [5.41, 5.74) is 0. The Morgan fingerprint density at radius 1 is 1.31 bits per heavy atom. The molecule has 0 bridgehead atoms. The van der Waals surface area contributed by atoms with E-state index in [1.54, 1.807) is 0 Å². The molecule has 2 aliphatic rings. The highest BCUT2D eigenvalue weighted by molar-refractivity contribution is 5.81. The molecule has 2 heterocycles. The van der Waals surface area contributed by atoms with Crippen LogP contribution in [0.1, 0.15) is 32.1 Å². The highest BCUT2D eigenvalue weighted by atomic mass is 16.5. The molecule has 2 aliphatic heterocycles. The molecule has 0 aromatic heterocycles. The third-order valence-electron chi connectivity index (χ3n) is 3.83. The first-order chi connectivity index (χ1) is 7.81. The molecule has 0 saturated carbocycles. The molecule has 3 nitrogen and oxygen atoms in total. The molecule has 3 heteroatoms. The number of nitrogens with zero attached hydrogens (tertiary/aromatic N) is 1. The molecular weight excluding hydrogens is 202 g/mol. The SMILES string of the molecule is C=CC(=O)OC[C@@H]1CCCN2CCCC[C@@H]12. The van der Waals surface area contributed by atoms with E-state index >= 15 is 0 Å². The van der Waals surface area contributed by atoms with Crippen LogP contribution in [0.2, 0.25) is 0 Å². The van der Waals surface area contributed by atoms with Gasteiger partial charge in [-0.25, -0.2) is 4.79 Å². The Kier molecular flexibility index (Phi) is 3.99. The summed E-state index contributed by atoms with van der Waals surface area (Å²) in [4.78, 5) is 13.6. The molecule has 0 N–H and O–H groups in total. The van der Waals surface area contributed by atoms with Gasteiger partial charge in [-0.05, 0) is 38.8 Å². The highest BCUT2D eigenvalue weighted by Crippen LogP contribution is 2.30. The number of esters is 1. The molecule has 0 radical (unpaired) electrons. The van der Waals surface area contributed by atoms with Gasteiger partial charge >= 0.3 is 5.97 Å². The summed E-state index contributed by atoms with van der Waals surface area (Å²) in [7, 11) is 0. The Labute approximate surface area is 97.5 Å². The zero-order valence-corrected chi connectivity index (χ0v) is 9.86. The molecule has 2 saturated heterocycles.